The summed E-state index contributed by atoms with van der Waals surface area (Å²) >= 11 is 0. The van der Waals surface area contributed by atoms with Crippen LogP contribution in [0.15, 0.2) is 12.3 Å². The Morgan fingerprint density at radius 3 is 2.92 bits per heavy atom. The normalized spacial score (nSPS) is 9.50. The summed E-state index contributed by atoms with van der Waals surface area (Å²) in [5, 5.41) is 0. The zero-order chi connectivity index (χ0) is 9.14. The highest BCUT2D eigenvalue weighted by molar-refractivity contribution is 5.89. The molecular formula is C7H7FN2O2. The number of pyridine rings is 1. The number of methoxy groups -OCH3 is 1. The van der Waals surface area contributed by atoms with Gasteiger partial charge in [-0.3, -0.25) is 0 Å². The highest BCUT2D eigenvalue weighted by Crippen LogP contribution is 2.08. The number of nitrogen functional groups attached to an aromatic ring is 1. The second kappa shape index (κ2) is 3.17. The fourth-order valence-electron chi connectivity index (χ4n) is 0.678. The molecule has 4 nitrogen and oxygen atoms in total. The Morgan fingerprint density at radius 2 is 2.42 bits per heavy atom. The van der Waals surface area contributed by atoms with Crippen LogP contribution in [-0.4, -0.2) is 18.1 Å². The summed E-state index contributed by atoms with van der Waals surface area (Å²) in [4.78, 5) is 14.3. The average molecular weight is 170 g/mol. The van der Waals surface area contributed by atoms with Crippen LogP contribution in [0.4, 0.5) is 10.2 Å². The molecule has 1 aromatic heterocycles. The monoisotopic (exact) mass is 170 g/mol. The van der Waals surface area contributed by atoms with Crippen LogP contribution in [0.5, 0.6) is 0 Å². The summed E-state index contributed by atoms with van der Waals surface area (Å²) in [6, 6.07) is 0.980. The van der Waals surface area contributed by atoms with Crippen molar-refractivity contribution in [3.05, 3.63) is 23.6 Å². The van der Waals surface area contributed by atoms with Gasteiger partial charge in [0.2, 0.25) is 0 Å². The van der Waals surface area contributed by atoms with Gasteiger partial charge in [0.1, 0.15) is 0 Å². The number of esters is 1. The first-order chi connectivity index (χ1) is 5.65. The molecule has 0 saturated heterocycles. The predicted molar refractivity (Wildman–Crippen MR) is 39.9 cm³/mol. The maximum Gasteiger partial charge on any atom is 0.339 e. The highest BCUT2D eigenvalue weighted by atomic mass is 19.1. The lowest BCUT2D eigenvalue weighted by Gasteiger charge is -1.99. The van der Waals surface area contributed by atoms with E-state index < -0.39 is 11.8 Å². The van der Waals surface area contributed by atoms with Crippen LogP contribution in [0.25, 0.3) is 0 Å². The van der Waals surface area contributed by atoms with E-state index in [2.05, 4.69) is 9.72 Å². The van der Waals surface area contributed by atoms with Gasteiger partial charge in [0.15, 0.2) is 11.6 Å². The van der Waals surface area contributed by atoms with E-state index in [9.17, 15) is 9.18 Å². The number of aromatic nitrogens is 1. The van der Waals surface area contributed by atoms with Crippen molar-refractivity contribution in [3.8, 4) is 0 Å². The molecule has 0 unspecified atom stereocenters. The van der Waals surface area contributed by atoms with Gasteiger partial charge >= 0.3 is 5.97 Å². The topological polar surface area (TPSA) is 65.2 Å². The predicted octanol–water partition coefficient (Wildman–Crippen LogP) is 0.590. The zero-order valence-electron chi connectivity index (χ0n) is 6.37. The van der Waals surface area contributed by atoms with E-state index in [1.165, 1.54) is 7.11 Å². The van der Waals surface area contributed by atoms with Crippen LogP contribution in [0, 0.1) is 5.82 Å². The van der Waals surface area contributed by atoms with Gasteiger partial charge in [-0.1, -0.05) is 0 Å². The minimum absolute atomic E-state index is 0.0456. The molecule has 0 amide bonds. The van der Waals surface area contributed by atoms with Gasteiger partial charge in [-0.15, -0.1) is 0 Å². The van der Waals surface area contributed by atoms with Crippen molar-refractivity contribution in [1.82, 2.24) is 4.98 Å². The Morgan fingerprint density at radius 1 is 1.75 bits per heavy atom. The number of halogens is 1. The zero-order valence-corrected chi connectivity index (χ0v) is 6.37. The molecule has 1 aromatic rings. The molecule has 1 heterocycles. The van der Waals surface area contributed by atoms with Crippen LogP contribution in [0.1, 0.15) is 10.4 Å². The van der Waals surface area contributed by atoms with Gasteiger partial charge in [0.25, 0.3) is 0 Å². The molecule has 0 aliphatic rings. The summed E-state index contributed by atoms with van der Waals surface area (Å²) in [5.41, 5.74) is 5.14. The summed E-state index contributed by atoms with van der Waals surface area (Å²) in [5.74, 6) is -1.60. The van der Waals surface area contributed by atoms with Crippen molar-refractivity contribution in [2.75, 3.05) is 12.8 Å². The first-order valence-electron chi connectivity index (χ1n) is 3.14. The van der Waals surface area contributed by atoms with Gasteiger partial charge in [0, 0.05) is 6.20 Å². The van der Waals surface area contributed by atoms with Gasteiger partial charge < -0.3 is 10.5 Å². The second-order valence-electron chi connectivity index (χ2n) is 2.08. The van der Waals surface area contributed by atoms with Gasteiger partial charge in [-0.2, -0.15) is 0 Å². The maximum absolute atomic E-state index is 12.7. The SMILES string of the molecule is COC(=O)c1cnc(N)c(F)c1. The average Bonchev–Trinajstić information content (AvgIpc) is 2.08. The Labute approximate surface area is 68.2 Å². The van der Waals surface area contributed by atoms with Crippen LogP contribution >= 0.6 is 0 Å². The van der Waals surface area contributed by atoms with Crippen molar-refractivity contribution in [2.45, 2.75) is 0 Å². The van der Waals surface area contributed by atoms with E-state index >= 15 is 0 Å². The highest BCUT2D eigenvalue weighted by Gasteiger charge is 2.08. The molecule has 0 saturated carbocycles. The molecule has 0 spiro atoms. The van der Waals surface area contributed by atoms with Crippen LogP contribution in [0.3, 0.4) is 0 Å². The lowest BCUT2D eigenvalue weighted by molar-refractivity contribution is 0.0599. The van der Waals surface area contributed by atoms with E-state index in [0.717, 1.165) is 12.3 Å². The van der Waals surface area contributed by atoms with Crippen LogP contribution < -0.4 is 5.73 Å². The third-order valence-electron chi connectivity index (χ3n) is 1.29. The summed E-state index contributed by atoms with van der Waals surface area (Å²) in [6.45, 7) is 0. The van der Waals surface area contributed by atoms with Crippen molar-refractivity contribution < 1.29 is 13.9 Å². The number of nitrogens with two attached hydrogens (primary N) is 1. The first-order valence-corrected chi connectivity index (χ1v) is 3.14. The van der Waals surface area contributed by atoms with E-state index in [1.54, 1.807) is 0 Å². The summed E-state index contributed by atoms with van der Waals surface area (Å²) in [7, 11) is 1.20. The number of carbonyl (C=O) groups excluding carboxylic acids is 1. The smallest absolute Gasteiger partial charge is 0.339 e. The fraction of sp³-hybridized carbons (Fsp3) is 0.143. The standard InChI is InChI=1S/C7H7FN2O2/c1-12-7(11)4-2-5(8)6(9)10-3-4/h2-3H,1H3,(H2,9,10). The third-order valence-corrected chi connectivity index (χ3v) is 1.29. The Hall–Kier alpha value is -1.65. The van der Waals surface area contributed by atoms with Crippen molar-refractivity contribution in [1.29, 1.82) is 0 Å². The number of hydrogen-bond donors (Lipinski definition) is 1. The van der Waals surface area contributed by atoms with Crippen molar-refractivity contribution >= 4 is 11.8 Å². The maximum atomic E-state index is 12.7. The summed E-state index contributed by atoms with van der Waals surface area (Å²) < 4.78 is 17.0. The molecule has 0 aromatic carbocycles. The van der Waals surface area contributed by atoms with Gasteiger partial charge in [0.05, 0.1) is 12.7 Å². The molecule has 0 atom stereocenters. The minimum atomic E-state index is -0.724. The summed E-state index contributed by atoms with van der Waals surface area (Å²) in [6.07, 6.45) is 1.16. The lowest BCUT2D eigenvalue weighted by atomic mass is 10.3. The number of nitrogens with zero attached hydrogens (tertiary/aromatic N) is 1. The van der Waals surface area contributed by atoms with Crippen LogP contribution in [0.2, 0.25) is 0 Å². The van der Waals surface area contributed by atoms with E-state index in [4.69, 9.17) is 5.73 Å². The molecule has 1 rings (SSSR count). The number of anilines is 1. The van der Waals surface area contributed by atoms with E-state index in [0.29, 0.717) is 0 Å². The van der Waals surface area contributed by atoms with Gasteiger partial charge in [-0.05, 0) is 6.07 Å². The number of rotatable bonds is 1. The molecule has 0 aliphatic heterocycles. The molecule has 0 aliphatic carbocycles. The lowest BCUT2D eigenvalue weighted by Crippen LogP contribution is -2.04. The quantitative estimate of drug-likeness (QED) is 0.626. The van der Waals surface area contributed by atoms with Gasteiger partial charge in [-0.25, -0.2) is 14.2 Å². The minimum Gasteiger partial charge on any atom is -0.465 e. The second-order valence-corrected chi connectivity index (χ2v) is 2.08. The third kappa shape index (κ3) is 1.50. The number of carbonyl (C=O) groups is 1. The van der Waals surface area contributed by atoms with Crippen LogP contribution in [-0.2, 0) is 4.74 Å². The molecule has 2 N–H and O–H groups in total. The number of hydrogen-bond acceptors (Lipinski definition) is 4. The fourth-order valence-corrected chi connectivity index (χ4v) is 0.678. The molecule has 0 fully saturated rings. The Balaban J connectivity index is 3.05. The Bertz CT molecular complexity index is 314. The van der Waals surface area contributed by atoms with Crippen molar-refractivity contribution in [3.63, 3.8) is 0 Å². The first kappa shape index (κ1) is 8.45. The molecule has 5 heteroatoms. The van der Waals surface area contributed by atoms with E-state index in [1.807, 2.05) is 0 Å². The molecular weight excluding hydrogens is 163 g/mol. The number of ether oxygens (including phenoxy) is 1. The van der Waals surface area contributed by atoms with Crippen molar-refractivity contribution in [2.24, 2.45) is 0 Å². The Kier molecular flexibility index (Phi) is 2.23. The van der Waals surface area contributed by atoms with E-state index in [-0.39, 0.29) is 11.4 Å². The molecule has 0 bridgehead atoms. The largest absolute Gasteiger partial charge is 0.465 e. The molecule has 0 radical (unpaired) electrons. The molecule has 64 valence electrons. The molecule has 12 heavy (non-hydrogen) atoms.